The number of amides is 4. The zero-order valence-corrected chi connectivity index (χ0v) is 16.1. The van der Waals surface area contributed by atoms with E-state index in [1.54, 1.807) is 26.0 Å². The minimum atomic E-state index is -0.691. The van der Waals surface area contributed by atoms with Crippen LogP contribution in [0.2, 0.25) is 0 Å². The van der Waals surface area contributed by atoms with Crippen molar-refractivity contribution in [3.63, 3.8) is 0 Å². The summed E-state index contributed by atoms with van der Waals surface area (Å²) in [5.41, 5.74) is 2.16. The Bertz CT molecular complexity index is 896. The second kappa shape index (κ2) is 7.80. The minimum Gasteiger partial charge on any atom is -0.311 e. The van der Waals surface area contributed by atoms with E-state index in [0.717, 1.165) is 10.5 Å². The van der Waals surface area contributed by atoms with E-state index in [9.17, 15) is 18.8 Å². The smallest absolute Gasteiger partial charge is 0.311 e. The van der Waals surface area contributed by atoms with Crippen LogP contribution >= 0.6 is 0 Å². The van der Waals surface area contributed by atoms with Gasteiger partial charge in [-0.1, -0.05) is 17.7 Å². The fourth-order valence-corrected chi connectivity index (χ4v) is 3.26. The number of urea groups is 1. The number of aryl methyl sites for hydroxylation is 1. The molecule has 0 N–H and O–H groups in total. The minimum absolute atomic E-state index is 0.331. The van der Waals surface area contributed by atoms with Crippen molar-refractivity contribution in [1.29, 1.82) is 0 Å². The number of hydrogen-bond acceptors (Lipinski definition) is 3. The third-order valence-electron chi connectivity index (χ3n) is 4.81. The molecule has 1 aliphatic rings. The number of nitrogens with zero attached hydrogens (tertiary/aromatic N) is 3. The highest BCUT2D eigenvalue weighted by Gasteiger charge is 2.44. The molecule has 1 atom stereocenters. The number of halogens is 1. The second-order valence-electron chi connectivity index (χ2n) is 6.70. The van der Waals surface area contributed by atoms with E-state index in [-0.39, 0.29) is 6.54 Å². The number of carbonyl (C=O) groups is 3. The molecule has 2 aromatic carbocycles. The normalized spacial score (nSPS) is 16.6. The van der Waals surface area contributed by atoms with Gasteiger partial charge in [0.2, 0.25) is 5.91 Å². The lowest BCUT2D eigenvalue weighted by Crippen LogP contribution is -2.43. The van der Waals surface area contributed by atoms with E-state index in [4.69, 9.17) is 0 Å². The van der Waals surface area contributed by atoms with Crippen LogP contribution in [0.15, 0.2) is 48.5 Å². The first-order valence-electron chi connectivity index (χ1n) is 9.10. The van der Waals surface area contributed by atoms with Gasteiger partial charge >= 0.3 is 6.03 Å². The van der Waals surface area contributed by atoms with Crippen LogP contribution in [0.5, 0.6) is 0 Å². The molecule has 6 nitrogen and oxygen atoms in total. The summed E-state index contributed by atoms with van der Waals surface area (Å²) in [6, 6.07) is 11.6. The van der Waals surface area contributed by atoms with Gasteiger partial charge in [0, 0.05) is 17.9 Å². The molecule has 0 saturated carbocycles. The van der Waals surface area contributed by atoms with Gasteiger partial charge in [-0.2, -0.15) is 0 Å². The van der Waals surface area contributed by atoms with Crippen molar-refractivity contribution in [3.8, 4) is 0 Å². The number of benzene rings is 2. The van der Waals surface area contributed by atoms with Crippen molar-refractivity contribution in [2.45, 2.75) is 26.8 Å². The summed E-state index contributed by atoms with van der Waals surface area (Å²) >= 11 is 0. The summed E-state index contributed by atoms with van der Waals surface area (Å²) in [7, 11) is 0. The van der Waals surface area contributed by atoms with E-state index in [2.05, 4.69) is 0 Å². The number of imide groups is 1. The molecule has 0 radical (unpaired) electrons. The molecule has 28 heavy (non-hydrogen) atoms. The fraction of sp³-hybridized carbons (Fsp3) is 0.286. The van der Waals surface area contributed by atoms with Crippen LogP contribution in [-0.4, -0.2) is 41.9 Å². The molecule has 1 saturated heterocycles. The summed E-state index contributed by atoms with van der Waals surface area (Å²) in [6.45, 7) is 5.32. The van der Waals surface area contributed by atoms with Gasteiger partial charge in [-0.3, -0.25) is 19.4 Å². The van der Waals surface area contributed by atoms with Crippen LogP contribution in [-0.2, 0) is 9.59 Å². The topological polar surface area (TPSA) is 60.9 Å². The summed E-state index contributed by atoms with van der Waals surface area (Å²) in [6.07, 6.45) is 0. The monoisotopic (exact) mass is 383 g/mol. The second-order valence-corrected chi connectivity index (χ2v) is 6.70. The highest BCUT2D eigenvalue weighted by atomic mass is 19.1. The fourth-order valence-electron chi connectivity index (χ4n) is 3.26. The molecule has 1 fully saturated rings. The Hall–Kier alpha value is -3.22. The zero-order valence-electron chi connectivity index (χ0n) is 16.1. The summed E-state index contributed by atoms with van der Waals surface area (Å²) in [5.74, 6) is -1.23. The molecule has 0 spiro atoms. The van der Waals surface area contributed by atoms with Crippen LogP contribution in [0.3, 0.4) is 0 Å². The Morgan fingerprint density at radius 3 is 2.25 bits per heavy atom. The van der Waals surface area contributed by atoms with Crippen molar-refractivity contribution in [2.75, 3.05) is 22.9 Å². The Labute approximate surface area is 163 Å². The molecule has 1 aliphatic heterocycles. The lowest BCUT2D eigenvalue weighted by atomic mass is 10.2. The number of hydrogen-bond donors (Lipinski definition) is 0. The Morgan fingerprint density at radius 2 is 1.68 bits per heavy atom. The zero-order chi connectivity index (χ0) is 20.4. The molecule has 4 amide bonds. The van der Waals surface area contributed by atoms with Gasteiger partial charge in [-0.25, -0.2) is 9.18 Å². The molecule has 0 aliphatic carbocycles. The maximum absolute atomic E-state index is 13.2. The number of rotatable bonds is 5. The number of anilines is 2. The maximum atomic E-state index is 13.2. The van der Waals surface area contributed by atoms with Crippen LogP contribution in [0.25, 0.3) is 0 Å². The summed E-state index contributed by atoms with van der Waals surface area (Å²) < 4.78 is 13.2. The van der Waals surface area contributed by atoms with Crippen LogP contribution in [0, 0.1) is 12.7 Å². The van der Waals surface area contributed by atoms with Gasteiger partial charge in [0.1, 0.15) is 18.4 Å². The van der Waals surface area contributed by atoms with E-state index >= 15 is 0 Å². The lowest BCUT2D eigenvalue weighted by molar-refractivity contribution is -0.131. The Balaban J connectivity index is 1.80. The first kappa shape index (κ1) is 19.5. The molecule has 7 heteroatoms. The Kier molecular flexibility index (Phi) is 5.44. The van der Waals surface area contributed by atoms with Crippen molar-refractivity contribution in [1.82, 2.24) is 4.90 Å². The van der Waals surface area contributed by atoms with Crippen molar-refractivity contribution in [2.24, 2.45) is 0 Å². The predicted octanol–water partition coefficient (Wildman–Crippen LogP) is 3.34. The largest absolute Gasteiger partial charge is 0.332 e. The average Bonchev–Trinajstić information content (AvgIpc) is 2.88. The first-order chi connectivity index (χ1) is 13.3. The van der Waals surface area contributed by atoms with Gasteiger partial charge in [0.15, 0.2) is 0 Å². The summed E-state index contributed by atoms with van der Waals surface area (Å²) in [5, 5.41) is 0. The molecular formula is C21H22FN3O3. The van der Waals surface area contributed by atoms with E-state index in [1.807, 2.05) is 19.1 Å². The molecule has 1 heterocycles. The third-order valence-corrected chi connectivity index (χ3v) is 4.81. The molecule has 0 bridgehead atoms. The SMILES string of the molecule is CCN(C(=O)CN1C(=O)[C@H](C)N(c2ccc(C)cc2)C1=O)c1ccc(F)cc1. The van der Waals surface area contributed by atoms with Crippen LogP contribution in [0.4, 0.5) is 20.6 Å². The molecule has 2 aromatic rings. The standard InChI is InChI=1S/C21H22FN3O3/c1-4-23(17-11-7-16(22)8-12-17)19(26)13-24-20(27)15(3)25(21(24)28)18-9-5-14(2)6-10-18/h5-12,15H,4,13H2,1-3H3/t15-/m0/s1. The quantitative estimate of drug-likeness (QED) is 0.744. The van der Waals surface area contributed by atoms with Crippen molar-refractivity contribution < 1.29 is 18.8 Å². The van der Waals surface area contributed by atoms with Crippen molar-refractivity contribution >= 4 is 29.2 Å². The van der Waals surface area contributed by atoms with Crippen LogP contribution < -0.4 is 9.80 Å². The highest BCUT2D eigenvalue weighted by Crippen LogP contribution is 2.26. The number of carbonyl (C=O) groups excluding carboxylic acids is 3. The first-order valence-corrected chi connectivity index (χ1v) is 9.10. The van der Waals surface area contributed by atoms with Gasteiger partial charge in [-0.15, -0.1) is 0 Å². The molecule has 0 unspecified atom stereocenters. The van der Waals surface area contributed by atoms with Gasteiger partial charge in [-0.05, 0) is 57.2 Å². The molecular weight excluding hydrogens is 361 g/mol. The van der Waals surface area contributed by atoms with E-state index < -0.39 is 29.7 Å². The summed E-state index contributed by atoms with van der Waals surface area (Å²) in [4.78, 5) is 42.0. The maximum Gasteiger partial charge on any atom is 0.332 e. The third kappa shape index (κ3) is 3.60. The lowest BCUT2D eigenvalue weighted by Gasteiger charge is -2.24. The predicted molar refractivity (Wildman–Crippen MR) is 105 cm³/mol. The van der Waals surface area contributed by atoms with Crippen molar-refractivity contribution in [3.05, 3.63) is 59.9 Å². The Morgan fingerprint density at radius 1 is 1.07 bits per heavy atom. The van der Waals surface area contributed by atoms with Gasteiger partial charge < -0.3 is 4.90 Å². The highest BCUT2D eigenvalue weighted by molar-refractivity contribution is 6.16. The van der Waals surface area contributed by atoms with E-state index in [0.29, 0.717) is 17.9 Å². The molecule has 146 valence electrons. The molecule has 3 rings (SSSR count). The van der Waals surface area contributed by atoms with Crippen LogP contribution in [0.1, 0.15) is 19.4 Å². The van der Waals surface area contributed by atoms with E-state index in [1.165, 1.54) is 34.1 Å². The average molecular weight is 383 g/mol. The molecule has 0 aromatic heterocycles. The van der Waals surface area contributed by atoms with Gasteiger partial charge in [0.25, 0.3) is 5.91 Å². The number of likely N-dealkylation sites (N-methyl/N-ethyl adjacent to an activating group) is 1. The van der Waals surface area contributed by atoms with Gasteiger partial charge in [0.05, 0.1) is 0 Å².